The van der Waals surface area contributed by atoms with E-state index < -0.39 is 11.9 Å². The lowest BCUT2D eigenvalue weighted by atomic mass is 10.1. The van der Waals surface area contributed by atoms with E-state index in [1.807, 2.05) is 0 Å². The summed E-state index contributed by atoms with van der Waals surface area (Å²) in [6.45, 7) is 0. The van der Waals surface area contributed by atoms with Gasteiger partial charge < -0.3 is 9.88 Å². The Morgan fingerprint density at radius 1 is 0.686 bits per heavy atom. The van der Waals surface area contributed by atoms with E-state index in [2.05, 4.69) is 10.6 Å². The summed E-state index contributed by atoms with van der Waals surface area (Å²) in [5.74, 6) is -0.655. The van der Waals surface area contributed by atoms with Gasteiger partial charge in [-0.1, -0.05) is 87.8 Å². The van der Waals surface area contributed by atoms with Gasteiger partial charge in [0.1, 0.15) is 0 Å². The lowest BCUT2D eigenvalue weighted by Gasteiger charge is -2.12. The number of carbonyl (C=O) groups is 2. The number of nitrogens with one attached hydrogen (secondary N) is 2. The standard InChI is InChI=1S/C24H13Cl6N3O2/c25-12-5-6-14(18(27)7-12)16-10-33(11-21(16)30)22-19(28)8-13(9-20(22)29)31-24(35)32-23(34)15-3-1-2-4-17(15)26/h1-11H,(H2,31,32,34,35). The molecule has 0 spiro atoms. The van der Waals surface area contributed by atoms with Crippen LogP contribution < -0.4 is 10.6 Å². The molecule has 1 heterocycles. The molecule has 3 aromatic carbocycles. The molecule has 0 unspecified atom stereocenters. The van der Waals surface area contributed by atoms with Gasteiger partial charge in [0.25, 0.3) is 5.91 Å². The maximum Gasteiger partial charge on any atom is 0.326 e. The molecule has 0 aliphatic heterocycles. The zero-order valence-electron chi connectivity index (χ0n) is 17.4. The highest BCUT2D eigenvalue weighted by atomic mass is 35.5. The van der Waals surface area contributed by atoms with Crippen LogP contribution in [0, 0.1) is 0 Å². The Bertz CT molecular complexity index is 1440. The topological polar surface area (TPSA) is 63.1 Å². The van der Waals surface area contributed by atoms with Gasteiger partial charge in [0.15, 0.2) is 0 Å². The lowest BCUT2D eigenvalue weighted by molar-refractivity contribution is 0.0967. The number of rotatable bonds is 4. The molecule has 0 atom stereocenters. The van der Waals surface area contributed by atoms with Crippen LogP contribution in [0.25, 0.3) is 16.8 Å². The van der Waals surface area contributed by atoms with E-state index in [1.54, 1.807) is 53.4 Å². The first-order valence-corrected chi connectivity index (χ1v) is 12.1. The molecule has 0 radical (unpaired) electrons. The van der Waals surface area contributed by atoms with E-state index in [-0.39, 0.29) is 26.3 Å². The number of halogens is 6. The van der Waals surface area contributed by atoms with Crippen molar-refractivity contribution in [2.75, 3.05) is 5.32 Å². The molecule has 2 N–H and O–H groups in total. The maximum atomic E-state index is 12.3. The average Bonchev–Trinajstić information content (AvgIpc) is 3.14. The second-order valence-corrected chi connectivity index (χ2v) is 9.70. The largest absolute Gasteiger partial charge is 0.326 e. The normalized spacial score (nSPS) is 10.8. The molecular formula is C24H13Cl6N3O2. The van der Waals surface area contributed by atoms with Gasteiger partial charge in [-0.05, 0) is 36.4 Å². The smallest absolute Gasteiger partial charge is 0.319 e. The molecule has 0 saturated carbocycles. The van der Waals surface area contributed by atoms with Crippen molar-refractivity contribution in [2.45, 2.75) is 0 Å². The Balaban J connectivity index is 1.56. The Kier molecular flexibility index (Phi) is 7.86. The molecule has 0 saturated heterocycles. The minimum Gasteiger partial charge on any atom is -0.319 e. The molecule has 0 aliphatic rings. The van der Waals surface area contributed by atoms with Crippen LogP contribution in [0.5, 0.6) is 0 Å². The Morgan fingerprint density at radius 2 is 1.37 bits per heavy atom. The van der Waals surface area contributed by atoms with Crippen LogP contribution in [0.2, 0.25) is 30.1 Å². The van der Waals surface area contributed by atoms with E-state index in [0.29, 0.717) is 31.9 Å². The maximum absolute atomic E-state index is 12.3. The number of nitrogens with zero attached hydrogens (tertiary/aromatic N) is 1. The second-order valence-electron chi connectivity index (χ2n) is 7.23. The summed E-state index contributed by atoms with van der Waals surface area (Å²) in [5, 5.41) is 6.76. The van der Waals surface area contributed by atoms with Crippen LogP contribution in [-0.4, -0.2) is 16.5 Å². The number of hydrogen-bond donors (Lipinski definition) is 2. The summed E-state index contributed by atoms with van der Waals surface area (Å²) in [5.41, 5.74) is 2.21. The van der Waals surface area contributed by atoms with Crippen molar-refractivity contribution < 1.29 is 9.59 Å². The summed E-state index contributed by atoms with van der Waals surface area (Å²) in [6, 6.07) is 13.6. The van der Waals surface area contributed by atoms with Crippen LogP contribution in [0.15, 0.2) is 67.0 Å². The zero-order chi connectivity index (χ0) is 25.3. The summed E-state index contributed by atoms with van der Waals surface area (Å²) < 4.78 is 1.65. The van der Waals surface area contributed by atoms with E-state index in [4.69, 9.17) is 69.6 Å². The number of aromatic nitrogens is 1. The fourth-order valence-corrected chi connectivity index (χ4v) is 5.00. The molecule has 0 bridgehead atoms. The molecule has 5 nitrogen and oxygen atoms in total. The monoisotopic (exact) mass is 585 g/mol. The minimum atomic E-state index is -0.779. The first-order chi connectivity index (χ1) is 16.6. The first-order valence-electron chi connectivity index (χ1n) is 9.83. The number of amides is 3. The number of anilines is 1. The Hall–Kier alpha value is -2.38. The van der Waals surface area contributed by atoms with Crippen molar-refractivity contribution >= 4 is 87.2 Å². The highest BCUT2D eigenvalue weighted by Gasteiger charge is 2.18. The van der Waals surface area contributed by atoms with Gasteiger partial charge in [0.2, 0.25) is 0 Å². The van der Waals surface area contributed by atoms with Crippen molar-refractivity contribution in [3.8, 4) is 16.8 Å². The van der Waals surface area contributed by atoms with Crippen LogP contribution in [0.4, 0.5) is 10.5 Å². The number of benzene rings is 3. The fourth-order valence-electron chi connectivity index (χ4n) is 3.33. The highest BCUT2D eigenvalue weighted by Crippen LogP contribution is 2.39. The highest BCUT2D eigenvalue weighted by molar-refractivity contribution is 6.39. The number of hydrogen-bond acceptors (Lipinski definition) is 2. The van der Waals surface area contributed by atoms with E-state index in [1.165, 1.54) is 18.2 Å². The SMILES string of the molecule is O=C(NC(=O)c1ccccc1Cl)Nc1cc(Cl)c(-n2cc(Cl)c(-c3ccc(Cl)cc3Cl)c2)c(Cl)c1. The summed E-state index contributed by atoms with van der Waals surface area (Å²) in [7, 11) is 0. The molecular weight excluding hydrogens is 575 g/mol. The molecule has 4 rings (SSSR count). The average molecular weight is 588 g/mol. The number of urea groups is 1. The molecule has 4 aromatic rings. The van der Waals surface area contributed by atoms with Crippen molar-refractivity contribution in [3.63, 3.8) is 0 Å². The third-order valence-corrected chi connectivity index (χ3v) is 6.63. The van der Waals surface area contributed by atoms with Gasteiger partial charge in [-0.25, -0.2) is 4.79 Å². The van der Waals surface area contributed by atoms with Gasteiger partial charge in [0.05, 0.1) is 31.3 Å². The van der Waals surface area contributed by atoms with Crippen LogP contribution in [0.1, 0.15) is 10.4 Å². The third-order valence-electron chi connectivity index (χ3n) is 4.88. The molecule has 0 aliphatic carbocycles. The van der Waals surface area contributed by atoms with E-state index in [0.717, 1.165) is 0 Å². The molecule has 35 heavy (non-hydrogen) atoms. The van der Waals surface area contributed by atoms with E-state index >= 15 is 0 Å². The number of imide groups is 1. The third kappa shape index (κ3) is 5.72. The summed E-state index contributed by atoms with van der Waals surface area (Å²) >= 11 is 37.7. The van der Waals surface area contributed by atoms with E-state index in [9.17, 15) is 9.59 Å². The van der Waals surface area contributed by atoms with Gasteiger partial charge in [0, 0.05) is 39.3 Å². The van der Waals surface area contributed by atoms with Gasteiger partial charge >= 0.3 is 6.03 Å². The first kappa shape index (κ1) is 25.7. The van der Waals surface area contributed by atoms with Crippen LogP contribution >= 0.6 is 69.6 Å². The fraction of sp³-hybridized carbons (Fsp3) is 0. The molecule has 178 valence electrons. The Labute approximate surface area is 230 Å². The lowest BCUT2D eigenvalue weighted by Crippen LogP contribution is -2.34. The van der Waals surface area contributed by atoms with Crippen molar-refractivity contribution in [1.29, 1.82) is 0 Å². The van der Waals surface area contributed by atoms with Crippen molar-refractivity contribution in [1.82, 2.24) is 9.88 Å². The molecule has 3 amide bonds. The van der Waals surface area contributed by atoms with Crippen LogP contribution in [0.3, 0.4) is 0 Å². The van der Waals surface area contributed by atoms with Gasteiger partial charge in [-0.15, -0.1) is 0 Å². The predicted molar refractivity (Wildman–Crippen MR) is 144 cm³/mol. The minimum absolute atomic E-state index is 0.164. The predicted octanol–water partition coefficient (Wildman–Crippen LogP) is 9.03. The quantitative estimate of drug-likeness (QED) is 0.250. The molecule has 11 heteroatoms. The van der Waals surface area contributed by atoms with Gasteiger partial charge in [-0.2, -0.15) is 0 Å². The van der Waals surface area contributed by atoms with Crippen molar-refractivity contribution in [2.24, 2.45) is 0 Å². The van der Waals surface area contributed by atoms with Crippen LogP contribution in [-0.2, 0) is 0 Å². The zero-order valence-corrected chi connectivity index (χ0v) is 21.9. The molecule has 1 aromatic heterocycles. The Morgan fingerprint density at radius 3 is 2.03 bits per heavy atom. The number of carbonyl (C=O) groups excluding carboxylic acids is 2. The summed E-state index contributed by atoms with van der Waals surface area (Å²) in [4.78, 5) is 24.6. The summed E-state index contributed by atoms with van der Waals surface area (Å²) in [6.07, 6.45) is 3.36. The van der Waals surface area contributed by atoms with Crippen molar-refractivity contribution in [3.05, 3.63) is 103 Å². The molecule has 0 fully saturated rings. The van der Waals surface area contributed by atoms with Gasteiger partial charge in [-0.3, -0.25) is 10.1 Å². The second kappa shape index (κ2) is 10.7.